The third-order valence-electron chi connectivity index (χ3n) is 2.60. The summed E-state index contributed by atoms with van der Waals surface area (Å²) in [4.78, 5) is 2.62. The fourth-order valence-electron chi connectivity index (χ4n) is 1.75. The van der Waals surface area contributed by atoms with Crippen LogP contribution in [0.5, 0.6) is 0 Å². The summed E-state index contributed by atoms with van der Waals surface area (Å²) in [6, 6.07) is 3.93. The van der Waals surface area contributed by atoms with Crippen molar-refractivity contribution in [1.29, 1.82) is 0 Å². The lowest BCUT2D eigenvalue weighted by atomic mass is 10.1. The lowest BCUT2D eigenvalue weighted by Crippen LogP contribution is -2.20. The Bertz CT molecular complexity index is 1070. The Balaban J connectivity index is 2.52. The van der Waals surface area contributed by atoms with E-state index in [-0.39, 0.29) is 26.9 Å². The molecule has 6 heteroatoms. The number of aromatic nitrogens is 1. The molecule has 0 amide bonds. The van der Waals surface area contributed by atoms with Gasteiger partial charge in [-0.2, -0.15) is 0 Å². The Morgan fingerprint density at radius 1 is 1.50 bits per heavy atom. The van der Waals surface area contributed by atoms with E-state index in [1.807, 2.05) is 0 Å². The van der Waals surface area contributed by atoms with E-state index >= 15 is 0 Å². The number of likely N-dealkylation sites (N-methyl/N-ethyl adjacent to an activating group) is 1. The molecule has 2 aromatic rings. The smallest absolute Gasteiger partial charge is 0.215 e. The van der Waals surface area contributed by atoms with Crippen LogP contribution in [0, 0.1) is 0 Å². The molecule has 1 aromatic heterocycles. The van der Waals surface area contributed by atoms with Gasteiger partial charge < -0.3 is 9.88 Å². The van der Waals surface area contributed by atoms with E-state index in [1.54, 1.807) is 0 Å². The van der Waals surface area contributed by atoms with E-state index in [2.05, 4.69) is 4.98 Å². The van der Waals surface area contributed by atoms with Crippen LogP contribution in [0.3, 0.4) is 0 Å². The molecular weight excluding hydrogens is 274 g/mol. The topological polar surface area (TPSA) is 65.2 Å². The predicted molar refractivity (Wildman–Crippen MR) is 82.2 cm³/mol. The molecule has 1 heterocycles. The van der Waals surface area contributed by atoms with Gasteiger partial charge in [-0.15, -0.1) is 0 Å². The van der Waals surface area contributed by atoms with E-state index in [1.165, 1.54) is 22.9 Å². The van der Waals surface area contributed by atoms with Crippen molar-refractivity contribution >= 4 is 20.9 Å². The van der Waals surface area contributed by atoms with Gasteiger partial charge in [0, 0.05) is 38.7 Å². The van der Waals surface area contributed by atoms with Gasteiger partial charge in [0.05, 0.1) is 7.12 Å². The molecule has 110 valence electrons. The molecule has 0 radical (unpaired) electrons. The van der Waals surface area contributed by atoms with Crippen LogP contribution in [0.1, 0.15) is 27.6 Å². The lowest BCUT2D eigenvalue weighted by Gasteiger charge is -2.08. The average Bonchev–Trinajstić information content (AvgIpc) is 2.83. The normalized spacial score (nSPS) is 23.9. The van der Waals surface area contributed by atoms with Crippen molar-refractivity contribution < 1.29 is 24.9 Å². The zero-order chi connectivity index (χ0) is 24.9. The fraction of sp³-hybridized carbons (Fsp3) is 0.429. The number of hydrogen-bond donors (Lipinski definition) is 2. The number of nitrogens with one attached hydrogen (secondary N) is 2. The van der Waals surface area contributed by atoms with Crippen LogP contribution in [0.4, 0.5) is 0 Å². The third-order valence-corrected chi connectivity index (χ3v) is 3.63. The van der Waals surface area contributed by atoms with Gasteiger partial charge in [-0.05, 0) is 50.6 Å². The zero-order valence-corrected chi connectivity index (χ0v) is 11.1. The number of rotatable bonds is 6. The van der Waals surface area contributed by atoms with E-state index in [0.29, 0.717) is 0 Å². The Hall–Kier alpha value is -1.37. The quantitative estimate of drug-likeness (QED) is 0.846. The number of nitrogens with zero attached hydrogens (tertiary/aromatic N) is 1. The van der Waals surface area contributed by atoms with Gasteiger partial charge in [0.15, 0.2) is 0 Å². The Kier molecular flexibility index (Phi) is 1.72. The van der Waals surface area contributed by atoms with Gasteiger partial charge in [0.25, 0.3) is 0 Å². The Labute approximate surface area is 136 Å². The molecule has 0 unspecified atom stereocenters. The molecular formula is C14H21N3O2S. The number of H-pyrrole nitrogens is 1. The molecule has 0 saturated carbocycles. The minimum atomic E-state index is -4.28. The van der Waals surface area contributed by atoms with Gasteiger partial charge in [0.1, 0.15) is 0 Å². The second kappa shape index (κ2) is 5.95. The van der Waals surface area contributed by atoms with Crippen LogP contribution in [0.15, 0.2) is 24.4 Å². The number of hydrogen-bond acceptors (Lipinski definition) is 3. The lowest BCUT2D eigenvalue weighted by molar-refractivity contribution is 0.414. The third kappa shape index (κ3) is 3.59. The molecule has 20 heavy (non-hydrogen) atoms. The number of benzene rings is 1. The SMILES string of the molecule is [2H]c1[nH]c2ccc(CS(=O)(=O)NC([2H])([2H])[2H])cc2c1C([2H])([2H])CN(C([2H])([2H])[2H])C([2H])([2H])[2H]. The predicted octanol–water partition coefficient (Wildman–Crippen LogP) is 1.32. The Morgan fingerprint density at radius 3 is 3.10 bits per heavy atom. The van der Waals surface area contributed by atoms with Crippen LogP contribution in [0.2, 0.25) is 0 Å². The highest BCUT2D eigenvalue weighted by atomic mass is 32.2. The highest BCUT2D eigenvalue weighted by molar-refractivity contribution is 7.88. The Morgan fingerprint density at radius 2 is 2.35 bits per heavy atom. The summed E-state index contributed by atoms with van der Waals surface area (Å²) < 4.78 is 116. The fourth-order valence-corrected chi connectivity index (χ4v) is 2.44. The van der Waals surface area contributed by atoms with Gasteiger partial charge in [-0.25, -0.2) is 13.1 Å². The summed E-state index contributed by atoms with van der Waals surface area (Å²) in [7, 11) is -4.28. The summed E-state index contributed by atoms with van der Waals surface area (Å²) in [6.07, 6.45) is -3.08. The van der Waals surface area contributed by atoms with E-state index in [9.17, 15) is 8.42 Å². The highest BCUT2D eigenvalue weighted by Gasteiger charge is 2.11. The standard InChI is InChI=1S/C14H21N3O2S/c1-15-20(18,19)10-11-4-5-14-13(8-11)12(9-16-14)6-7-17(2)3/h4-5,8-9,15-16H,6-7,10H2,1-3H3/i1D3,2D3,3D3,6D2,9D. The number of sulfonamides is 1. The first-order chi connectivity index (χ1) is 14.1. The maximum atomic E-state index is 12.1. The molecule has 2 N–H and O–H groups in total. The molecule has 0 aliphatic heterocycles. The van der Waals surface area contributed by atoms with Gasteiger partial charge in [-0.1, -0.05) is 6.07 Å². The minimum Gasteiger partial charge on any atom is -0.361 e. The van der Waals surface area contributed by atoms with E-state index < -0.39 is 55.8 Å². The molecule has 1 aromatic carbocycles. The van der Waals surface area contributed by atoms with Gasteiger partial charge in [-0.3, -0.25) is 0 Å². The van der Waals surface area contributed by atoms with Crippen molar-refractivity contribution in [3.63, 3.8) is 0 Å². The summed E-state index contributed by atoms with van der Waals surface area (Å²) in [6.45, 7) is -10.3. The molecule has 0 saturated heterocycles. The maximum Gasteiger partial charge on any atom is 0.215 e. The van der Waals surface area contributed by atoms with Crippen LogP contribution in [-0.4, -0.2) is 45.8 Å². The molecule has 0 atom stereocenters. The first kappa shape index (κ1) is 5.79. The highest BCUT2D eigenvalue weighted by Crippen LogP contribution is 2.21. The summed E-state index contributed by atoms with van der Waals surface area (Å²) in [5.74, 6) is -0.751. The summed E-state index contributed by atoms with van der Waals surface area (Å²) in [5, 5.41) is 0.0395. The monoisotopic (exact) mass is 307 g/mol. The molecule has 0 bridgehead atoms. The minimum absolute atomic E-state index is 0.0346. The number of aromatic amines is 1. The molecule has 5 nitrogen and oxygen atoms in total. The van der Waals surface area contributed by atoms with Crippen molar-refractivity contribution in [2.75, 3.05) is 27.5 Å². The number of fused-ring (bicyclic) bond motifs is 1. The summed E-state index contributed by atoms with van der Waals surface area (Å²) >= 11 is 0. The van der Waals surface area contributed by atoms with Crippen molar-refractivity contribution in [3.05, 3.63) is 35.5 Å². The summed E-state index contributed by atoms with van der Waals surface area (Å²) in [5.41, 5.74) is -0.0454. The molecule has 0 aliphatic rings. The van der Waals surface area contributed by atoms with Crippen molar-refractivity contribution in [2.45, 2.75) is 12.1 Å². The van der Waals surface area contributed by atoms with E-state index in [0.717, 1.165) is 0 Å². The first-order valence-corrected chi connectivity index (χ1v) is 7.19. The maximum absolute atomic E-state index is 12.1. The average molecular weight is 307 g/mol. The second-order valence-corrected chi connectivity index (χ2v) is 5.85. The van der Waals surface area contributed by atoms with Gasteiger partial charge in [0.2, 0.25) is 10.0 Å². The van der Waals surface area contributed by atoms with Crippen LogP contribution >= 0.6 is 0 Å². The van der Waals surface area contributed by atoms with Crippen molar-refractivity contribution in [3.8, 4) is 0 Å². The largest absolute Gasteiger partial charge is 0.361 e. The molecule has 0 spiro atoms. The van der Waals surface area contributed by atoms with Crippen molar-refractivity contribution in [1.82, 2.24) is 14.6 Å². The van der Waals surface area contributed by atoms with Crippen LogP contribution in [-0.2, 0) is 22.1 Å². The first-order valence-electron chi connectivity index (χ1n) is 11.5. The van der Waals surface area contributed by atoms with Crippen LogP contribution in [0.25, 0.3) is 10.9 Å². The zero-order valence-electron chi connectivity index (χ0n) is 22.3. The molecule has 0 fully saturated rings. The molecule has 0 aliphatic carbocycles. The van der Waals surface area contributed by atoms with Crippen LogP contribution < -0.4 is 4.72 Å². The molecule has 2 rings (SSSR count). The van der Waals surface area contributed by atoms with E-state index in [4.69, 9.17) is 16.4 Å². The second-order valence-electron chi connectivity index (χ2n) is 4.13. The van der Waals surface area contributed by atoms with Crippen molar-refractivity contribution in [2.24, 2.45) is 0 Å². The van der Waals surface area contributed by atoms with Gasteiger partial charge >= 0.3 is 0 Å².